The predicted octanol–water partition coefficient (Wildman–Crippen LogP) is 2.57. The maximum Gasteiger partial charge on any atom is 0.133 e. The van der Waals surface area contributed by atoms with Crippen LogP contribution in [0.5, 0.6) is 0 Å². The van der Waals surface area contributed by atoms with E-state index in [-0.39, 0.29) is 0 Å². The number of anilines is 1. The second kappa shape index (κ2) is 5.27. The third-order valence-electron chi connectivity index (χ3n) is 4.50. The van der Waals surface area contributed by atoms with Crippen molar-refractivity contribution in [3.05, 3.63) is 23.9 Å². The van der Waals surface area contributed by atoms with Gasteiger partial charge in [0.15, 0.2) is 0 Å². The molecule has 18 heavy (non-hydrogen) atoms. The first-order valence-electron chi connectivity index (χ1n) is 7.25. The molecule has 3 heteroatoms. The molecule has 2 fully saturated rings. The van der Waals surface area contributed by atoms with Gasteiger partial charge >= 0.3 is 0 Å². The van der Waals surface area contributed by atoms with Crippen molar-refractivity contribution in [3.63, 3.8) is 0 Å². The van der Waals surface area contributed by atoms with Gasteiger partial charge in [0.2, 0.25) is 0 Å². The number of rotatable bonds is 3. The van der Waals surface area contributed by atoms with Gasteiger partial charge in [0.25, 0.3) is 0 Å². The number of aromatic nitrogens is 1. The lowest BCUT2D eigenvalue weighted by Crippen LogP contribution is -2.43. The van der Waals surface area contributed by atoms with E-state index in [2.05, 4.69) is 21.3 Å². The highest BCUT2D eigenvalue weighted by atomic mass is 15.2. The number of nitrogens with one attached hydrogen (secondary N) is 1. The molecular weight excluding hydrogens is 222 g/mol. The van der Waals surface area contributed by atoms with E-state index < -0.39 is 0 Å². The zero-order valence-electron chi connectivity index (χ0n) is 11.2. The Bertz CT molecular complexity index is 404. The van der Waals surface area contributed by atoms with E-state index in [0.717, 1.165) is 18.5 Å². The molecule has 2 unspecified atom stereocenters. The average molecular weight is 245 g/mol. The molecule has 1 aliphatic heterocycles. The fourth-order valence-corrected chi connectivity index (χ4v) is 3.73. The summed E-state index contributed by atoms with van der Waals surface area (Å²) in [7, 11) is 2.01. The van der Waals surface area contributed by atoms with E-state index >= 15 is 0 Å². The fourth-order valence-electron chi connectivity index (χ4n) is 3.73. The first kappa shape index (κ1) is 12.0. The van der Waals surface area contributed by atoms with E-state index in [9.17, 15) is 0 Å². The Balaban J connectivity index is 1.88. The molecule has 98 valence electrons. The third-order valence-corrected chi connectivity index (χ3v) is 4.50. The van der Waals surface area contributed by atoms with Gasteiger partial charge in [-0.15, -0.1) is 0 Å². The number of pyridine rings is 1. The molecule has 0 bridgehead atoms. The molecule has 2 atom stereocenters. The largest absolute Gasteiger partial charge is 0.353 e. The molecular formula is C15H23N3. The molecule has 1 aliphatic carbocycles. The molecule has 1 aromatic heterocycles. The van der Waals surface area contributed by atoms with E-state index in [0.29, 0.717) is 0 Å². The molecule has 0 spiro atoms. The molecule has 2 aliphatic rings. The van der Waals surface area contributed by atoms with Crippen molar-refractivity contribution in [2.45, 2.75) is 44.7 Å². The lowest BCUT2D eigenvalue weighted by Gasteiger charge is -2.39. The maximum absolute atomic E-state index is 4.67. The van der Waals surface area contributed by atoms with E-state index in [4.69, 9.17) is 0 Å². The van der Waals surface area contributed by atoms with Gasteiger partial charge in [0, 0.05) is 30.9 Å². The van der Waals surface area contributed by atoms with Crippen molar-refractivity contribution in [1.82, 2.24) is 10.3 Å². The summed E-state index contributed by atoms with van der Waals surface area (Å²) in [5.41, 5.74) is 1.34. The lowest BCUT2D eigenvalue weighted by atomic mass is 9.91. The smallest absolute Gasteiger partial charge is 0.133 e. The quantitative estimate of drug-likeness (QED) is 0.887. The van der Waals surface area contributed by atoms with Crippen LogP contribution < -0.4 is 10.2 Å². The Labute approximate surface area is 110 Å². The van der Waals surface area contributed by atoms with E-state index in [1.165, 1.54) is 50.0 Å². The van der Waals surface area contributed by atoms with Crippen LogP contribution in [0.1, 0.15) is 37.7 Å². The zero-order chi connectivity index (χ0) is 12.4. The van der Waals surface area contributed by atoms with Crippen molar-refractivity contribution in [2.75, 3.05) is 18.5 Å². The van der Waals surface area contributed by atoms with Crippen LogP contribution in [0.15, 0.2) is 18.3 Å². The minimum absolute atomic E-state index is 0.754. The second-order valence-electron chi connectivity index (χ2n) is 5.61. The SMILES string of the molecule is CNCc1cccnc1N1CCCC2CCCC21. The Hall–Kier alpha value is -1.09. The molecule has 1 aromatic rings. The standard InChI is InChI=1S/C15H23N3/c1-16-11-13-6-3-9-17-15(13)18-10-4-7-12-5-2-8-14(12)18/h3,6,9,12,14,16H,2,4-5,7-8,10-11H2,1H3. The number of nitrogens with zero attached hydrogens (tertiary/aromatic N) is 2. The highest BCUT2D eigenvalue weighted by Crippen LogP contribution is 2.39. The molecule has 2 heterocycles. The van der Waals surface area contributed by atoms with Crippen LogP contribution in [0.25, 0.3) is 0 Å². The average Bonchev–Trinajstić information content (AvgIpc) is 2.88. The molecule has 0 aromatic carbocycles. The fraction of sp³-hybridized carbons (Fsp3) is 0.667. The van der Waals surface area contributed by atoms with Gasteiger partial charge in [-0.05, 0) is 44.7 Å². The summed E-state index contributed by atoms with van der Waals surface area (Å²) < 4.78 is 0. The summed E-state index contributed by atoms with van der Waals surface area (Å²) in [5, 5.41) is 3.26. The van der Waals surface area contributed by atoms with Gasteiger partial charge in [-0.3, -0.25) is 0 Å². The Morgan fingerprint density at radius 2 is 2.22 bits per heavy atom. The van der Waals surface area contributed by atoms with Crippen molar-refractivity contribution in [2.24, 2.45) is 5.92 Å². The minimum atomic E-state index is 0.754. The third kappa shape index (κ3) is 2.12. The summed E-state index contributed by atoms with van der Waals surface area (Å²) in [6.45, 7) is 2.10. The van der Waals surface area contributed by atoms with Crippen LogP contribution in [0, 0.1) is 5.92 Å². The lowest BCUT2D eigenvalue weighted by molar-refractivity contribution is 0.360. The van der Waals surface area contributed by atoms with Crippen LogP contribution >= 0.6 is 0 Å². The van der Waals surface area contributed by atoms with Crippen LogP contribution in [-0.4, -0.2) is 24.6 Å². The summed E-state index contributed by atoms with van der Waals surface area (Å²) in [4.78, 5) is 7.26. The van der Waals surface area contributed by atoms with Gasteiger partial charge in [-0.1, -0.05) is 12.5 Å². The second-order valence-corrected chi connectivity index (χ2v) is 5.61. The molecule has 1 saturated heterocycles. The number of piperidine rings is 1. The summed E-state index contributed by atoms with van der Waals surface area (Å²) in [6.07, 6.45) is 8.88. The Kier molecular flexibility index (Phi) is 3.50. The summed E-state index contributed by atoms with van der Waals surface area (Å²) in [6, 6.07) is 5.01. The summed E-state index contributed by atoms with van der Waals surface area (Å²) >= 11 is 0. The van der Waals surface area contributed by atoms with Gasteiger partial charge < -0.3 is 10.2 Å². The highest BCUT2D eigenvalue weighted by Gasteiger charge is 2.36. The van der Waals surface area contributed by atoms with Crippen LogP contribution in [0.3, 0.4) is 0 Å². The Morgan fingerprint density at radius 3 is 3.11 bits per heavy atom. The van der Waals surface area contributed by atoms with E-state index in [1.807, 2.05) is 19.3 Å². The van der Waals surface area contributed by atoms with Gasteiger partial charge in [0.05, 0.1) is 0 Å². The Morgan fingerprint density at radius 1 is 1.33 bits per heavy atom. The van der Waals surface area contributed by atoms with Gasteiger partial charge in [-0.25, -0.2) is 4.98 Å². The van der Waals surface area contributed by atoms with E-state index in [1.54, 1.807) is 0 Å². The number of hydrogen-bond acceptors (Lipinski definition) is 3. The van der Waals surface area contributed by atoms with Crippen LogP contribution in [0.4, 0.5) is 5.82 Å². The molecule has 0 amide bonds. The topological polar surface area (TPSA) is 28.2 Å². The minimum Gasteiger partial charge on any atom is -0.353 e. The molecule has 1 N–H and O–H groups in total. The number of hydrogen-bond donors (Lipinski definition) is 1. The summed E-state index contributed by atoms with van der Waals surface area (Å²) in [5.74, 6) is 2.15. The first-order valence-corrected chi connectivity index (χ1v) is 7.25. The molecule has 3 nitrogen and oxygen atoms in total. The van der Waals surface area contributed by atoms with Crippen molar-refractivity contribution in [3.8, 4) is 0 Å². The van der Waals surface area contributed by atoms with Gasteiger partial charge in [0.1, 0.15) is 5.82 Å². The van der Waals surface area contributed by atoms with Crippen LogP contribution in [0.2, 0.25) is 0 Å². The van der Waals surface area contributed by atoms with Crippen molar-refractivity contribution < 1.29 is 0 Å². The first-order chi connectivity index (χ1) is 8.90. The highest BCUT2D eigenvalue weighted by molar-refractivity contribution is 5.48. The van der Waals surface area contributed by atoms with Crippen molar-refractivity contribution in [1.29, 1.82) is 0 Å². The molecule has 0 radical (unpaired) electrons. The number of fused-ring (bicyclic) bond motifs is 1. The van der Waals surface area contributed by atoms with Crippen LogP contribution in [-0.2, 0) is 6.54 Å². The normalized spacial score (nSPS) is 27.3. The van der Waals surface area contributed by atoms with Gasteiger partial charge in [-0.2, -0.15) is 0 Å². The zero-order valence-corrected chi connectivity index (χ0v) is 11.2. The predicted molar refractivity (Wildman–Crippen MR) is 74.7 cm³/mol. The molecule has 3 rings (SSSR count). The monoisotopic (exact) mass is 245 g/mol. The maximum atomic E-state index is 4.67. The molecule has 1 saturated carbocycles. The van der Waals surface area contributed by atoms with Crippen molar-refractivity contribution >= 4 is 5.82 Å².